The zero-order chi connectivity index (χ0) is 15.1. The SMILES string of the molecule is CCCNc1cccc(COc2ccccc2C(C)C)n1. The number of hydrogen-bond acceptors (Lipinski definition) is 3. The molecule has 0 spiro atoms. The van der Waals surface area contributed by atoms with Gasteiger partial charge in [0.1, 0.15) is 18.2 Å². The lowest BCUT2D eigenvalue weighted by Gasteiger charge is -2.14. The minimum atomic E-state index is 0.451. The third-order valence-corrected chi connectivity index (χ3v) is 3.28. The molecule has 112 valence electrons. The van der Waals surface area contributed by atoms with Gasteiger partial charge in [0.05, 0.1) is 5.69 Å². The van der Waals surface area contributed by atoms with E-state index in [0.717, 1.165) is 30.2 Å². The second-order valence-corrected chi connectivity index (χ2v) is 5.42. The second-order valence-electron chi connectivity index (χ2n) is 5.42. The van der Waals surface area contributed by atoms with E-state index in [1.807, 2.05) is 30.3 Å². The van der Waals surface area contributed by atoms with Crippen molar-refractivity contribution >= 4 is 5.82 Å². The molecule has 3 nitrogen and oxygen atoms in total. The Morgan fingerprint density at radius 3 is 2.67 bits per heavy atom. The monoisotopic (exact) mass is 284 g/mol. The van der Waals surface area contributed by atoms with Crippen molar-refractivity contribution in [3.63, 3.8) is 0 Å². The summed E-state index contributed by atoms with van der Waals surface area (Å²) in [6.07, 6.45) is 1.09. The number of para-hydroxylation sites is 1. The lowest BCUT2D eigenvalue weighted by Crippen LogP contribution is -2.05. The van der Waals surface area contributed by atoms with Crippen LogP contribution in [0.25, 0.3) is 0 Å². The summed E-state index contributed by atoms with van der Waals surface area (Å²) in [6, 6.07) is 14.2. The van der Waals surface area contributed by atoms with Gasteiger partial charge in [-0.15, -0.1) is 0 Å². The number of nitrogens with zero attached hydrogens (tertiary/aromatic N) is 1. The summed E-state index contributed by atoms with van der Waals surface area (Å²) in [4.78, 5) is 4.56. The van der Waals surface area contributed by atoms with Gasteiger partial charge in [-0.25, -0.2) is 4.98 Å². The van der Waals surface area contributed by atoms with Crippen LogP contribution in [-0.2, 0) is 6.61 Å². The summed E-state index contributed by atoms with van der Waals surface area (Å²) in [6.45, 7) is 7.92. The van der Waals surface area contributed by atoms with Gasteiger partial charge < -0.3 is 10.1 Å². The van der Waals surface area contributed by atoms with Crippen molar-refractivity contribution in [1.82, 2.24) is 4.98 Å². The maximum Gasteiger partial charge on any atom is 0.130 e. The van der Waals surface area contributed by atoms with Crippen molar-refractivity contribution in [3.8, 4) is 5.75 Å². The fourth-order valence-electron chi connectivity index (χ4n) is 2.15. The van der Waals surface area contributed by atoms with E-state index >= 15 is 0 Å². The van der Waals surface area contributed by atoms with Crippen LogP contribution in [0.1, 0.15) is 44.4 Å². The van der Waals surface area contributed by atoms with Crippen LogP contribution in [0.15, 0.2) is 42.5 Å². The number of anilines is 1. The van der Waals surface area contributed by atoms with Crippen molar-refractivity contribution in [1.29, 1.82) is 0 Å². The Morgan fingerprint density at radius 1 is 1.10 bits per heavy atom. The maximum absolute atomic E-state index is 5.95. The molecule has 2 aromatic rings. The Bertz CT molecular complexity index is 567. The zero-order valence-electron chi connectivity index (χ0n) is 13.1. The molecule has 1 aromatic heterocycles. The Hall–Kier alpha value is -2.03. The number of ether oxygens (including phenoxy) is 1. The van der Waals surface area contributed by atoms with Crippen LogP contribution in [0.4, 0.5) is 5.82 Å². The molecular formula is C18H24N2O. The topological polar surface area (TPSA) is 34.1 Å². The Kier molecular flexibility index (Phi) is 5.61. The lowest BCUT2D eigenvalue weighted by atomic mass is 10.0. The normalized spacial score (nSPS) is 10.7. The highest BCUT2D eigenvalue weighted by Gasteiger charge is 2.07. The number of hydrogen-bond donors (Lipinski definition) is 1. The molecule has 2 rings (SSSR count). The van der Waals surface area contributed by atoms with E-state index in [-0.39, 0.29) is 0 Å². The summed E-state index contributed by atoms with van der Waals surface area (Å²) in [5.74, 6) is 2.31. The van der Waals surface area contributed by atoms with Crippen LogP contribution in [0, 0.1) is 0 Å². The van der Waals surface area contributed by atoms with Gasteiger partial charge in [-0.2, -0.15) is 0 Å². The molecule has 1 aromatic carbocycles. The van der Waals surface area contributed by atoms with E-state index in [2.05, 4.69) is 43.2 Å². The molecule has 0 unspecified atom stereocenters. The highest BCUT2D eigenvalue weighted by Crippen LogP contribution is 2.26. The average molecular weight is 284 g/mol. The molecule has 0 radical (unpaired) electrons. The van der Waals surface area contributed by atoms with Gasteiger partial charge in [0, 0.05) is 6.54 Å². The predicted molar refractivity (Wildman–Crippen MR) is 87.9 cm³/mol. The third-order valence-electron chi connectivity index (χ3n) is 3.28. The fraction of sp³-hybridized carbons (Fsp3) is 0.389. The first-order valence-corrected chi connectivity index (χ1v) is 7.62. The molecule has 0 atom stereocenters. The quantitative estimate of drug-likeness (QED) is 0.806. The minimum Gasteiger partial charge on any atom is -0.487 e. The van der Waals surface area contributed by atoms with E-state index in [1.54, 1.807) is 0 Å². The minimum absolute atomic E-state index is 0.451. The Morgan fingerprint density at radius 2 is 1.90 bits per heavy atom. The maximum atomic E-state index is 5.95. The van der Waals surface area contributed by atoms with Crippen molar-refractivity contribution in [2.75, 3.05) is 11.9 Å². The van der Waals surface area contributed by atoms with Crippen molar-refractivity contribution in [2.24, 2.45) is 0 Å². The molecule has 3 heteroatoms. The first kappa shape index (κ1) is 15.4. The number of rotatable bonds is 7. The smallest absolute Gasteiger partial charge is 0.130 e. The van der Waals surface area contributed by atoms with Gasteiger partial charge in [0.15, 0.2) is 0 Å². The summed E-state index contributed by atoms with van der Waals surface area (Å²) in [5, 5.41) is 3.30. The molecule has 0 bridgehead atoms. The largest absolute Gasteiger partial charge is 0.487 e. The molecule has 0 saturated carbocycles. The van der Waals surface area contributed by atoms with Gasteiger partial charge >= 0.3 is 0 Å². The summed E-state index contributed by atoms with van der Waals surface area (Å²) in [7, 11) is 0. The van der Waals surface area contributed by atoms with Crippen molar-refractivity contribution < 1.29 is 4.74 Å². The van der Waals surface area contributed by atoms with Gasteiger partial charge in [0.2, 0.25) is 0 Å². The first-order valence-electron chi connectivity index (χ1n) is 7.62. The van der Waals surface area contributed by atoms with Gasteiger partial charge in [0.25, 0.3) is 0 Å². The van der Waals surface area contributed by atoms with Gasteiger partial charge in [-0.1, -0.05) is 45.0 Å². The van der Waals surface area contributed by atoms with Gasteiger partial charge in [-0.3, -0.25) is 0 Å². The fourth-order valence-corrected chi connectivity index (χ4v) is 2.15. The molecule has 0 fully saturated rings. The van der Waals surface area contributed by atoms with Crippen LogP contribution in [0.5, 0.6) is 5.75 Å². The van der Waals surface area contributed by atoms with Crippen LogP contribution in [0.3, 0.4) is 0 Å². The van der Waals surface area contributed by atoms with Crippen LogP contribution in [-0.4, -0.2) is 11.5 Å². The van der Waals surface area contributed by atoms with Crippen LogP contribution >= 0.6 is 0 Å². The Labute approximate surface area is 127 Å². The number of pyridine rings is 1. The highest BCUT2D eigenvalue weighted by molar-refractivity contribution is 5.37. The van der Waals surface area contributed by atoms with E-state index in [4.69, 9.17) is 4.74 Å². The van der Waals surface area contributed by atoms with Crippen molar-refractivity contribution in [2.45, 2.75) is 39.7 Å². The number of aromatic nitrogens is 1. The summed E-state index contributed by atoms with van der Waals surface area (Å²) >= 11 is 0. The molecule has 0 aliphatic carbocycles. The van der Waals surface area contributed by atoms with E-state index in [0.29, 0.717) is 12.5 Å². The molecule has 21 heavy (non-hydrogen) atoms. The lowest BCUT2D eigenvalue weighted by molar-refractivity contribution is 0.297. The van der Waals surface area contributed by atoms with Gasteiger partial charge in [-0.05, 0) is 36.1 Å². The number of nitrogens with one attached hydrogen (secondary N) is 1. The van der Waals surface area contributed by atoms with E-state index in [1.165, 1.54) is 5.56 Å². The molecule has 1 N–H and O–H groups in total. The molecule has 0 amide bonds. The average Bonchev–Trinajstić information content (AvgIpc) is 2.51. The molecule has 0 aliphatic rings. The summed E-state index contributed by atoms with van der Waals surface area (Å²) in [5.41, 5.74) is 2.17. The molecule has 0 aliphatic heterocycles. The third kappa shape index (κ3) is 4.48. The molecule has 0 saturated heterocycles. The number of benzene rings is 1. The standard InChI is InChI=1S/C18H24N2O/c1-4-12-19-18-11-7-8-15(20-18)13-21-17-10-6-5-9-16(17)14(2)3/h5-11,14H,4,12-13H2,1-3H3,(H,19,20). The highest BCUT2D eigenvalue weighted by atomic mass is 16.5. The predicted octanol–water partition coefficient (Wildman–Crippen LogP) is 4.61. The molecule has 1 heterocycles. The first-order chi connectivity index (χ1) is 10.2. The van der Waals surface area contributed by atoms with Crippen LogP contribution in [0.2, 0.25) is 0 Å². The Balaban J connectivity index is 2.03. The van der Waals surface area contributed by atoms with Crippen molar-refractivity contribution in [3.05, 3.63) is 53.7 Å². The van der Waals surface area contributed by atoms with E-state index in [9.17, 15) is 0 Å². The zero-order valence-corrected chi connectivity index (χ0v) is 13.1. The van der Waals surface area contributed by atoms with Crippen LogP contribution < -0.4 is 10.1 Å². The molecular weight excluding hydrogens is 260 g/mol. The summed E-state index contributed by atoms with van der Waals surface area (Å²) < 4.78 is 5.95. The van der Waals surface area contributed by atoms with E-state index < -0.39 is 0 Å². The second kappa shape index (κ2) is 7.67.